The van der Waals surface area contributed by atoms with E-state index < -0.39 is 23.2 Å². The van der Waals surface area contributed by atoms with E-state index >= 15 is 0 Å². The second kappa shape index (κ2) is 8.89. The molecule has 2 heterocycles. The highest BCUT2D eigenvalue weighted by molar-refractivity contribution is 8.03. The number of thioether (sulfide) groups is 1. The molecule has 2 unspecified atom stereocenters. The van der Waals surface area contributed by atoms with Crippen LogP contribution in [0.1, 0.15) is 22.3 Å². The number of nitrogens with one attached hydrogen (secondary N) is 1. The van der Waals surface area contributed by atoms with E-state index in [9.17, 15) is 14.4 Å². The van der Waals surface area contributed by atoms with Gasteiger partial charge in [-0.15, -0.1) is 11.8 Å². The summed E-state index contributed by atoms with van der Waals surface area (Å²) in [7, 11) is 0. The number of rotatable bonds is 5. The van der Waals surface area contributed by atoms with E-state index in [1.807, 2.05) is 38.1 Å². The number of hydrogen-bond acceptors (Lipinski definition) is 5. The van der Waals surface area contributed by atoms with Gasteiger partial charge in [-0.2, -0.15) is 5.26 Å². The Morgan fingerprint density at radius 2 is 1.97 bits per heavy atom. The van der Waals surface area contributed by atoms with Gasteiger partial charge in [0.05, 0.1) is 24.2 Å². The maximum Gasteiger partial charge on any atom is 0.328 e. The molecule has 0 spiro atoms. The minimum atomic E-state index is -0.484. The monoisotopic (exact) mass is 446 g/mol. The summed E-state index contributed by atoms with van der Waals surface area (Å²) in [5.74, 6) is -0.635. The van der Waals surface area contributed by atoms with Crippen LogP contribution < -0.4 is 5.32 Å². The molecule has 4 rings (SSSR count). The minimum absolute atomic E-state index is 0.158. The van der Waals surface area contributed by atoms with Crippen LogP contribution in [0, 0.1) is 25.2 Å². The number of benzene rings is 2. The summed E-state index contributed by atoms with van der Waals surface area (Å²) >= 11 is 1.36. The molecule has 1 saturated heterocycles. The standard InChI is InChI=1S/C24H22N4O3S/c1-15-6-7-18(10-16(15)2)13-28-23(30)22-20(8-9-32-22)27(24(28)31)14-21(29)26-19-5-3-4-17(11-19)12-25/h3-11,20,22H,13-14H2,1-2H3,(H,26,29). The molecule has 0 saturated carbocycles. The Kier molecular flexibility index (Phi) is 6.01. The van der Waals surface area contributed by atoms with E-state index in [0.29, 0.717) is 11.3 Å². The number of anilines is 1. The van der Waals surface area contributed by atoms with E-state index in [4.69, 9.17) is 5.26 Å². The van der Waals surface area contributed by atoms with Crippen LogP contribution in [-0.4, -0.2) is 45.5 Å². The molecule has 2 atom stereocenters. The number of hydrogen-bond donors (Lipinski definition) is 1. The topological polar surface area (TPSA) is 93.5 Å². The molecule has 0 aliphatic carbocycles. The van der Waals surface area contributed by atoms with Crippen molar-refractivity contribution in [2.24, 2.45) is 0 Å². The molecule has 162 valence electrons. The quantitative estimate of drug-likeness (QED) is 0.758. The zero-order valence-electron chi connectivity index (χ0n) is 17.7. The van der Waals surface area contributed by atoms with Crippen LogP contribution >= 0.6 is 11.8 Å². The summed E-state index contributed by atoms with van der Waals surface area (Å²) in [6.07, 6.45) is 1.79. The summed E-state index contributed by atoms with van der Waals surface area (Å²) in [4.78, 5) is 41.7. The number of urea groups is 1. The van der Waals surface area contributed by atoms with Gasteiger partial charge in [0.25, 0.3) is 0 Å². The largest absolute Gasteiger partial charge is 0.328 e. The number of aryl methyl sites for hydroxylation is 2. The van der Waals surface area contributed by atoms with Crippen molar-refractivity contribution in [1.29, 1.82) is 5.26 Å². The molecule has 0 radical (unpaired) electrons. The first-order valence-corrected chi connectivity index (χ1v) is 11.1. The smallest absolute Gasteiger partial charge is 0.325 e. The van der Waals surface area contributed by atoms with Gasteiger partial charge in [-0.3, -0.25) is 14.5 Å². The molecule has 2 aromatic carbocycles. The Hall–Kier alpha value is -3.57. The van der Waals surface area contributed by atoms with Gasteiger partial charge in [0.2, 0.25) is 11.8 Å². The molecular weight excluding hydrogens is 424 g/mol. The lowest BCUT2D eigenvalue weighted by atomic mass is 10.0. The Morgan fingerprint density at radius 1 is 1.16 bits per heavy atom. The van der Waals surface area contributed by atoms with Crippen molar-refractivity contribution in [2.75, 3.05) is 11.9 Å². The molecule has 2 aliphatic heterocycles. The Balaban J connectivity index is 1.53. The van der Waals surface area contributed by atoms with E-state index in [2.05, 4.69) is 5.32 Å². The number of fused-ring (bicyclic) bond motifs is 1. The average Bonchev–Trinajstić information content (AvgIpc) is 3.27. The van der Waals surface area contributed by atoms with Crippen LogP contribution in [-0.2, 0) is 16.1 Å². The number of amides is 4. The summed E-state index contributed by atoms with van der Waals surface area (Å²) in [6.45, 7) is 3.96. The maximum absolute atomic E-state index is 13.3. The van der Waals surface area contributed by atoms with Crippen LogP contribution in [0.2, 0.25) is 0 Å². The van der Waals surface area contributed by atoms with E-state index in [1.165, 1.54) is 21.6 Å². The van der Waals surface area contributed by atoms with Crippen molar-refractivity contribution in [3.8, 4) is 6.07 Å². The predicted octanol–water partition coefficient (Wildman–Crippen LogP) is 3.58. The second-order valence-electron chi connectivity index (χ2n) is 7.87. The number of carbonyl (C=O) groups is 3. The fourth-order valence-electron chi connectivity index (χ4n) is 3.82. The number of carbonyl (C=O) groups excluding carboxylic acids is 3. The first-order valence-electron chi connectivity index (χ1n) is 10.2. The van der Waals surface area contributed by atoms with E-state index in [0.717, 1.165) is 16.7 Å². The first kappa shape index (κ1) is 21.7. The van der Waals surface area contributed by atoms with Gasteiger partial charge in [0.15, 0.2) is 0 Å². The summed E-state index contributed by atoms with van der Waals surface area (Å²) in [6, 6.07) is 13.5. The molecule has 8 heteroatoms. The lowest BCUT2D eigenvalue weighted by molar-refractivity contribution is -0.132. The normalized spacial score (nSPS) is 19.7. The number of nitrogens with zero attached hydrogens (tertiary/aromatic N) is 3. The molecule has 2 aliphatic rings. The molecule has 2 aromatic rings. The molecule has 1 fully saturated rings. The van der Waals surface area contributed by atoms with Crippen molar-refractivity contribution in [1.82, 2.24) is 9.80 Å². The second-order valence-corrected chi connectivity index (χ2v) is 8.92. The van der Waals surface area contributed by atoms with Crippen molar-refractivity contribution in [3.63, 3.8) is 0 Å². The Bertz CT molecular complexity index is 1170. The Morgan fingerprint density at radius 3 is 2.72 bits per heavy atom. The number of nitriles is 1. The molecule has 0 aromatic heterocycles. The van der Waals surface area contributed by atoms with Gasteiger partial charge in [0.1, 0.15) is 11.8 Å². The van der Waals surface area contributed by atoms with Crippen LogP contribution in [0.3, 0.4) is 0 Å². The van der Waals surface area contributed by atoms with Crippen molar-refractivity contribution in [3.05, 3.63) is 76.2 Å². The minimum Gasteiger partial charge on any atom is -0.325 e. The molecule has 1 N–H and O–H groups in total. The third-order valence-corrected chi connectivity index (χ3v) is 6.75. The molecular formula is C24H22N4O3S. The van der Waals surface area contributed by atoms with Crippen molar-refractivity contribution < 1.29 is 14.4 Å². The van der Waals surface area contributed by atoms with Gasteiger partial charge in [-0.1, -0.05) is 30.3 Å². The third kappa shape index (κ3) is 4.25. The predicted molar refractivity (Wildman–Crippen MR) is 123 cm³/mol. The lowest BCUT2D eigenvalue weighted by Crippen LogP contribution is -2.62. The molecule has 32 heavy (non-hydrogen) atoms. The SMILES string of the molecule is Cc1ccc(CN2C(=O)C3SC=CC3N(CC(=O)Nc3cccc(C#N)c3)C2=O)cc1C. The highest BCUT2D eigenvalue weighted by atomic mass is 32.2. The van der Waals surface area contributed by atoms with Gasteiger partial charge >= 0.3 is 6.03 Å². The molecule has 4 amide bonds. The first-order chi connectivity index (χ1) is 15.4. The van der Waals surface area contributed by atoms with Crippen LogP contribution in [0.15, 0.2) is 53.9 Å². The Labute approximate surface area is 190 Å². The fourth-order valence-corrected chi connectivity index (χ4v) is 4.88. The lowest BCUT2D eigenvalue weighted by Gasteiger charge is -2.41. The number of imide groups is 1. The third-order valence-electron chi connectivity index (χ3n) is 5.66. The molecule has 0 bridgehead atoms. The van der Waals surface area contributed by atoms with Gasteiger partial charge in [-0.25, -0.2) is 4.79 Å². The van der Waals surface area contributed by atoms with Crippen LogP contribution in [0.4, 0.5) is 10.5 Å². The fraction of sp³-hybridized carbons (Fsp3) is 0.250. The van der Waals surface area contributed by atoms with E-state index in [-0.39, 0.29) is 19.0 Å². The maximum atomic E-state index is 13.3. The van der Waals surface area contributed by atoms with Gasteiger partial charge in [-0.05, 0) is 54.1 Å². The van der Waals surface area contributed by atoms with Gasteiger partial charge < -0.3 is 10.2 Å². The highest BCUT2D eigenvalue weighted by Crippen LogP contribution is 2.35. The summed E-state index contributed by atoms with van der Waals surface area (Å²) < 4.78 is 0. The summed E-state index contributed by atoms with van der Waals surface area (Å²) in [5.41, 5.74) is 4.00. The summed E-state index contributed by atoms with van der Waals surface area (Å²) in [5, 5.41) is 13.1. The molecule has 7 nitrogen and oxygen atoms in total. The van der Waals surface area contributed by atoms with Gasteiger partial charge in [0, 0.05) is 5.69 Å². The van der Waals surface area contributed by atoms with Crippen molar-refractivity contribution >= 4 is 35.3 Å². The van der Waals surface area contributed by atoms with Crippen LogP contribution in [0.5, 0.6) is 0 Å². The zero-order chi connectivity index (χ0) is 22.8. The average molecular weight is 447 g/mol. The van der Waals surface area contributed by atoms with Crippen LogP contribution in [0.25, 0.3) is 0 Å². The zero-order valence-corrected chi connectivity index (χ0v) is 18.6. The highest BCUT2D eigenvalue weighted by Gasteiger charge is 2.47. The van der Waals surface area contributed by atoms with Crippen molar-refractivity contribution in [2.45, 2.75) is 31.7 Å². The van der Waals surface area contributed by atoms with E-state index in [1.54, 1.807) is 35.7 Å².